The minimum absolute atomic E-state index is 0.0138. The summed E-state index contributed by atoms with van der Waals surface area (Å²) in [5.74, 6) is 0.773. The van der Waals surface area contributed by atoms with Crippen LogP contribution >= 0.6 is 0 Å². The largest absolute Gasteiger partial charge is 0.508 e. The summed E-state index contributed by atoms with van der Waals surface area (Å²) in [7, 11) is 1.51. The first-order chi connectivity index (χ1) is 9.10. The molecule has 100 valence electrons. The fourth-order valence-electron chi connectivity index (χ4n) is 1.91. The summed E-state index contributed by atoms with van der Waals surface area (Å²) >= 11 is 0. The molecule has 2 rings (SSSR count). The second kappa shape index (κ2) is 5.52. The molecule has 1 atom stereocenters. The molecule has 0 saturated carbocycles. The van der Waals surface area contributed by atoms with E-state index in [1.54, 1.807) is 30.3 Å². The molecule has 2 aromatic carbocycles. The zero-order chi connectivity index (χ0) is 13.8. The highest BCUT2D eigenvalue weighted by molar-refractivity contribution is 5.55. The van der Waals surface area contributed by atoms with Gasteiger partial charge in [-0.25, -0.2) is 0 Å². The molecule has 3 N–H and O–H groups in total. The minimum Gasteiger partial charge on any atom is -0.508 e. The predicted octanol–water partition coefficient (Wildman–Crippen LogP) is 3.28. The molecule has 0 aliphatic carbocycles. The first-order valence-electron chi connectivity index (χ1n) is 6.02. The highest BCUT2D eigenvalue weighted by Crippen LogP contribution is 2.30. The molecule has 0 bridgehead atoms. The van der Waals surface area contributed by atoms with Crippen molar-refractivity contribution in [1.29, 1.82) is 0 Å². The number of methoxy groups -OCH3 is 1. The fraction of sp³-hybridized carbons (Fsp3) is 0.200. The number of aromatic hydroxyl groups is 2. The van der Waals surface area contributed by atoms with Crippen LogP contribution in [0, 0.1) is 0 Å². The van der Waals surface area contributed by atoms with Crippen LogP contribution < -0.4 is 10.1 Å². The maximum absolute atomic E-state index is 9.71. The van der Waals surface area contributed by atoms with Gasteiger partial charge >= 0.3 is 0 Å². The lowest BCUT2D eigenvalue weighted by Gasteiger charge is -2.16. The monoisotopic (exact) mass is 259 g/mol. The van der Waals surface area contributed by atoms with Gasteiger partial charge in [-0.2, -0.15) is 0 Å². The van der Waals surface area contributed by atoms with E-state index in [1.807, 2.05) is 19.1 Å². The quantitative estimate of drug-likeness (QED) is 0.788. The van der Waals surface area contributed by atoms with Crippen molar-refractivity contribution in [1.82, 2.24) is 0 Å². The summed E-state index contributed by atoms with van der Waals surface area (Å²) in [6, 6.07) is 12.2. The van der Waals surface area contributed by atoms with Crippen LogP contribution in [0.5, 0.6) is 17.2 Å². The Morgan fingerprint density at radius 1 is 1.11 bits per heavy atom. The Morgan fingerprint density at radius 2 is 1.89 bits per heavy atom. The van der Waals surface area contributed by atoms with Gasteiger partial charge in [0.2, 0.25) is 0 Å². The Balaban J connectivity index is 2.14. The van der Waals surface area contributed by atoms with Gasteiger partial charge in [-0.05, 0) is 36.8 Å². The van der Waals surface area contributed by atoms with Gasteiger partial charge in [0.1, 0.15) is 5.75 Å². The standard InChI is InChI=1S/C15H17NO3/c1-10(11-4-3-5-13(17)8-11)16-12-6-7-15(19-2)14(18)9-12/h3-10,16-18H,1-2H3. The van der Waals surface area contributed by atoms with Crippen LogP contribution in [-0.2, 0) is 0 Å². The number of hydrogen-bond donors (Lipinski definition) is 3. The molecule has 2 aromatic rings. The molecule has 4 heteroatoms. The average molecular weight is 259 g/mol. The molecule has 4 nitrogen and oxygen atoms in total. The van der Waals surface area contributed by atoms with Gasteiger partial charge in [0.15, 0.2) is 11.5 Å². The number of anilines is 1. The van der Waals surface area contributed by atoms with Crippen LogP contribution in [0.25, 0.3) is 0 Å². The first kappa shape index (κ1) is 13.1. The highest BCUT2D eigenvalue weighted by Gasteiger charge is 2.08. The molecule has 0 amide bonds. The third kappa shape index (κ3) is 3.10. The minimum atomic E-state index is 0.0138. The van der Waals surface area contributed by atoms with Crippen LogP contribution in [0.3, 0.4) is 0 Å². The zero-order valence-electron chi connectivity index (χ0n) is 10.9. The Labute approximate surface area is 112 Å². The Kier molecular flexibility index (Phi) is 3.80. The van der Waals surface area contributed by atoms with Crippen LogP contribution in [0.1, 0.15) is 18.5 Å². The smallest absolute Gasteiger partial charge is 0.160 e. The van der Waals surface area contributed by atoms with Crippen molar-refractivity contribution in [2.24, 2.45) is 0 Å². The van der Waals surface area contributed by atoms with Crippen LogP contribution in [-0.4, -0.2) is 17.3 Å². The van der Waals surface area contributed by atoms with Gasteiger partial charge in [-0.3, -0.25) is 0 Å². The molecule has 0 aliphatic rings. The van der Waals surface area contributed by atoms with Gasteiger partial charge < -0.3 is 20.3 Å². The lowest BCUT2D eigenvalue weighted by Crippen LogP contribution is -2.06. The molecule has 19 heavy (non-hydrogen) atoms. The van der Waals surface area contributed by atoms with E-state index in [0.717, 1.165) is 11.3 Å². The van der Waals surface area contributed by atoms with Gasteiger partial charge in [0, 0.05) is 17.8 Å². The van der Waals surface area contributed by atoms with Crippen molar-refractivity contribution < 1.29 is 14.9 Å². The number of benzene rings is 2. The second-order valence-corrected chi connectivity index (χ2v) is 4.35. The molecular weight excluding hydrogens is 242 g/mol. The van der Waals surface area contributed by atoms with E-state index in [1.165, 1.54) is 7.11 Å². The normalized spacial score (nSPS) is 11.9. The molecule has 0 saturated heterocycles. The molecule has 0 spiro atoms. The van der Waals surface area contributed by atoms with E-state index in [4.69, 9.17) is 4.74 Å². The van der Waals surface area contributed by atoms with Gasteiger partial charge in [0.25, 0.3) is 0 Å². The van der Waals surface area contributed by atoms with E-state index in [-0.39, 0.29) is 17.5 Å². The number of phenolic OH excluding ortho intramolecular Hbond substituents is 2. The molecule has 0 radical (unpaired) electrons. The Bertz CT molecular complexity index is 569. The Hall–Kier alpha value is -2.36. The second-order valence-electron chi connectivity index (χ2n) is 4.35. The number of rotatable bonds is 4. The summed E-state index contributed by atoms with van der Waals surface area (Å²) in [6.45, 7) is 1.98. The number of hydrogen-bond acceptors (Lipinski definition) is 4. The predicted molar refractivity (Wildman–Crippen MR) is 74.8 cm³/mol. The van der Waals surface area contributed by atoms with Crippen LogP contribution in [0.15, 0.2) is 42.5 Å². The molecule has 0 heterocycles. The fourth-order valence-corrected chi connectivity index (χ4v) is 1.91. The van der Waals surface area contributed by atoms with Crippen molar-refractivity contribution in [3.63, 3.8) is 0 Å². The maximum Gasteiger partial charge on any atom is 0.160 e. The van der Waals surface area contributed by atoms with E-state index >= 15 is 0 Å². The SMILES string of the molecule is COc1ccc(NC(C)c2cccc(O)c2)cc1O. The van der Waals surface area contributed by atoms with Crippen molar-refractivity contribution >= 4 is 5.69 Å². The van der Waals surface area contributed by atoms with Gasteiger partial charge in [0.05, 0.1) is 7.11 Å². The number of ether oxygens (including phenoxy) is 1. The highest BCUT2D eigenvalue weighted by atomic mass is 16.5. The summed E-state index contributed by atoms with van der Waals surface area (Å²) in [4.78, 5) is 0. The molecule has 0 fully saturated rings. The van der Waals surface area contributed by atoms with Gasteiger partial charge in [-0.1, -0.05) is 12.1 Å². The number of nitrogens with one attached hydrogen (secondary N) is 1. The van der Waals surface area contributed by atoms with E-state index in [9.17, 15) is 10.2 Å². The summed E-state index contributed by atoms with van der Waals surface area (Å²) in [5.41, 5.74) is 1.75. The average Bonchev–Trinajstić information content (AvgIpc) is 2.39. The van der Waals surface area contributed by atoms with Gasteiger partial charge in [-0.15, -0.1) is 0 Å². The van der Waals surface area contributed by atoms with Crippen molar-refractivity contribution in [2.75, 3.05) is 12.4 Å². The van der Waals surface area contributed by atoms with E-state index in [2.05, 4.69) is 5.32 Å². The van der Waals surface area contributed by atoms with E-state index in [0.29, 0.717) is 5.75 Å². The lowest BCUT2D eigenvalue weighted by atomic mass is 10.1. The molecular formula is C15H17NO3. The Morgan fingerprint density at radius 3 is 2.53 bits per heavy atom. The molecule has 1 unspecified atom stereocenters. The molecule has 0 aromatic heterocycles. The molecule has 0 aliphatic heterocycles. The van der Waals surface area contributed by atoms with E-state index < -0.39 is 0 Å². The first-order valence-corrected chi connectivity index (χ1v) is 6.02. The zero-order valence-corrected chi connectivity index (χ0v) is 10.9. The summed E-state index contributed by atoms with van der Waals surface area (Å²) in [6.07, 6.45) is 0. The summed E-state index contributed by atoms with van der Waals surface area (Å²) in [5, 5.41) is 22.4. The topological polar surface area (TPSA) is 61.7 Å². The lowest BCUT2D eigenvalue weighted by molar-refractivity contribution is 0.373. The third-order valence-electron chi connectivity index (χ3n) is 2.93. The van der Waals surface area contributed by atoms with Crippen molar-refractivity contribution in [3.8, 4) is 17.2 Å². The number of phenols is 2. The van der Waals surface area contributed by atoms with Crippen LogP contribution in [0.2, 0.25) is 0 Å². The summed E-state index contributed by atoms with van der Waals surface area (Å²) < 4.78 is 4.99. The maximum atomic E-state index is 9.71. The van der Waals surface area contributed by atoms with Crippen molar-refractivity contribution in [3.05, 3.63) is 48.0 Å². The van der Waals surface area contributed by atoms with Crippen LogP contribution in [0.4, 0.5) is 5.69 Å². The van der Waals surface area contributed by atoms with Crippen molar-refractivity contribution in [2.45, 2.75) is 13.0 Å². The third-order valence-corrected chi connectivity index (χ3v) is 2.93.